The molecule has 90 valence electrons. The Morgan fingerprint density at radius 3 is 2.75 bits per heavy atom. The Balaban J connectivity index is 2.77. The van der Waals surface area contributed by atoms with E-state index in [0.29, 0.717) is 5.92 Å². The molecule has 16 heavy (non-hydrogen) atoms. The molecule has 1 rings (SSSR count). The van der Waals surface area contributed by atoms with Crippen LogP contribution in [0.2, 0.25) is 0 Å². The van der Waals surface area contributed by atoms with E-state index >= 15 is 0 Å². The Morgan fingerprint density at radius 1 is 1.44 bits per heavy atom. The van der Waals surface area contributed by atoms with Crippen molar-refractivity contribution in [3.8, 4) is 0 Å². The summed E-state index contributed by atoms with van der Waals surface area (Å²) in [5.74, 6) is 1.24. The van der Waals surface area contributed by atoms with Crippen LogP contribution in [0.15, 0.2) is 23.1 Å². The molecule has 2 nitrogen and oxygen atoms in total. The van der Waals surface area contributed by atoms with E-state index in [1.807, 2.05) is 25.1 Å². The van der Waals surface area contributed by atoms with Crippen molar-refractivity contribution in [3.05, 3.63) is 23.8 Å². The molecular weight excluding hydrogens is 218 g/mol. The van der Waals surface area contributed by atoms with E-state index in [4.69, 9.17) is 5.73 Å². The molecule has 0 amide bonds. The normalized spacial score (nSPS) is 14.7. The maximum Gasteiger partial charge on any atom is 0.0535 e. The van der Waals surface area contributed by atoms with Crippen molar-refractivity contribution in [2.45, 2.75) is 38.5 Å². The van der Waals surface area contributed by atoms with Crippen LogP contribution in [0.1, 0.15) is 32.3 Å². The van der Waals surface area contributed by atoms with Crippen LogP contribution in [0, 0.1) is 12.8 Å². The molecule has 0 aliphatic heterocycles. The average molecular weight is 239 g/mol. The van der Waals surface area contributed by atoms with Crippen molar-refractivity contribution in [3.63, 3.8) is 0 Å². The second-order valence-corrected chi connectivity index (χ2v) is 5.84. The molecule has 0 saturated carbocycles. The second kappa shape index (κ2) is 6.04. The molecule has 1 aromatic rings. The molecule has 3 heteroatoms. The van der Waals surface area contributed by atoms with E-state index in [2.05, 4.69) is 13.8 Å². The first-order valence-corrected chi connectivity index (χ1v) is 7.11. The summed E-state index contributed by atoms with van der Waals surface area (Å²) in [6.07, 6.45) is 2.28. The van der Waals surface area contributed by atoms with Crippen molar-refractivity contribution in [2.24, 2.45) is 5.92 Å². The van der Waals surface area contributed by atoms with Crippen molar-refractivity contribution < 1.29 is 4.21 Å². The largest absolute Gasteiger partial charge is 0.398 e. The SMILES string of the molecule is CCCC(C)CS(=O)c1cccc(N)c1C. The molecule has 0 fully saturated rings. The highest BCUT2D eigenvalue weighted by molar-refractivity contribution is 7.85. The van der Waals surface area contributed by atoms with Gasteiger partial charge in [-0.05, 0) is 30.5 Å². The van der Waals surface area contributed by atoms with Crippen LogP contribution in [0.25, 0.3) is 0 Å². The van der Waals surface area contributed by atoms with Crippen molar-refractivity contribution >= 4 is 16.5 Å². The summed E-state index contributed by atoms with van der Waals surface area (Å²) in [6, 6.07) is 5.64. The van der Waals surface area contributed by atoms with Gasteiger partial charge in [0.1, 0.15) is 0 Å². The number of hydrogen-bond donors (Lipinski definition) is 1. The summed E-state index contributed by atoms with van der Waals surface area (Å²) >= 11 is 0. The van der Waals surface area contributed by atoms with Gasteiger partial charge in [-0.15, -0.1) is 0 Å². The Morgan fingerprint density at radius 2 is 2.12 bits per heavy atom. The summed E-state index contributed by atoms with van der Waals surface area (Å²) in [4.78, 5) is 0.892. The molecule has 0 aromatic heterocycles. The summed E-state index contributed by atoms with van der Waals surface area (Å²) < 4.78 is 12.2. The Kier molecular flexibility index (Phi) is 5.00. The van der Waals surface area contributed by atoms with Crippen LogP contribution >= 0.6 is 0 Å². The quantitative estimate of drug-likeness (QED) is 0.802. The van der Waals surface area contributed by atoms with E-state index in [9.17, 15) is 4.21 Å². The molecule has 0 spiro atoms. The molecular formula is C13H21NOS. The number of nitrogen functional groups attached to an aromatic ring is 1. The molecule has 0 heterocycles. The molecule has 0 radical (unpaired) electrons. The Bertz CT molecular complexity index is 376. The van der Waals surface area contributed by atoms with Crippen LogP contribution in [-0.4, -0.2) is 9.96 Å². The topological polar surface area (TPSA) is 43.1 Å². The third-order valence-electron chi connectivity index (χ3n) is 2.79. The zero-order valence-electron chi connectivity index (χ0n) is 10.3. The number of nitrogens with two attached hydrogens (primary N) is 1. The van der Waals surface area contributed by atoms with Gasteiger partial charge in [-0.1, -0.05) is 32.8 Å². The Labute approximate surface area is 101 Å². The van der Waals surface area contributed by atoms with Crippen LogP contribution in [-0.2, 0) is 10.8 Å². The van der Waals surface area contributed by atoms with Crippen LogP contribution in [0.4, 0.5) is 5.69 Å². The molecule has 2 atom stereocenters. The number of anilines is 1. The zero-order valence-corrected chi connectivity index (χ0v) is 11.1. The highest BCUT2D eigenvalue weighted by Gasteiger charge is 2.12. The van der Waals surface area contributed by atoms with Crippen molar-refractivity contribution in [2.75, 3.05) is 11.5 Å². The Hall–Kier alpha value is -0.830. The third-order valence-corrected chi connectivity index (χ3v) is 4.59. The lowest BCUT2D eigenvalue weighted by Gasteiger charge is -2.12. The van der Waals surface area contributed by atoms with E-state index in [0.717, 1.165) is 34.7 Å². The maximum atomic E-state index is 12.2. The predicted octanol–water partition coefficient (Wildman–Crippen LogP) is 3.12. The fourth-order valence-electron chi connectivity index (χ4n) is 1.80. The van der Waals surface area contributed by atoms with E-state index < -0.39 is 10.8 Å². The summed E-state index contributed by atoms with van der Waals surface area (Å²) in [5.41, 5.74) is 7.51. The molecule has 2 N–H and O–H groups in total. The lowest BCUT2D eigenvalue weighted by Crippen LogP contribution is -2.09. The number of benzene rings is 1. The first-order chi connectivity index (χ1) is 7.56. The minimum Gasteiger partial charge on any atom is -0.398 e. The summed E-state index contributed by atoms with van der Waals surface area (Å²) in [7, 11) is -0.917. The predicted molar refractivity (Wildman–Crippen MR) is 70.9 cm³/mol. The fraction of sp³-hybridized carbons (Fsp3) is 0.538. The average Bonchev–Trinajstić information content (AvgIpc) is 2.22. The summed E-state index contributed by atoms with van der Waals surface area (Å²) in [6.45, 7) is 6.25. The minimum absolute atomic E-state index is 0.506. The highest BCUT2D eigenvalue weighted by atomic mass is 32.2. The molecule has 1 aromatic carbocycles. The molecule has 0 bridgehead atoms. The van der Waals surface area contributed by atoms with Crippen LogP contribution < -0.4 is 5.73 Å². The van der Waals surface area contributed by atoms with Crippen molar-refractivity contribution in [1.29, 1.82) is 0 Å². The molecule has 2 unspecified atom stereocenters. The molecule has 0 aliphatic carbocycles. The van der Waals surface area contributed by atoms with Gasteiger partial charge in [0.05, 0.1) is 10.8 Å². The molecule has 0 saturated heterocycles. The maximum absolute atomic E-state index is 12.2. The second-order valence-electron chi connectivity index (χ2n) is 4.38. The van der Waals surface area contributed by atoms with Crippen LogP contribution in [0.5, 0.6) is 0 Å². The van der Waals surface area contributed by atoms with Gasteiger partial charge in [-0.2, -0.15) is 0 Å². The van der Waals surface area contributed by atoms with E-state index in [1.165, 1.54) is 0 Å². The van der Waals surface area contributed by atoms with Gasteiger partial charge in [0.2, 0.25) is 0 Å². The first-order valence-electron chi connectivity index (χ1n) is 5.79. The molecule has 0 aliphatic rings. The van der Waals surface area contributed by atoms with Gasteiger partial charge in [0.15, 0.2) is 0 Å². The lowest BCUT2D eigenvalue weighted by molar-refractivity contribution is 0.574. The minimum atomic E-state index is -0.917. The van der Waals surface area contributed by atoms with Gasteiger partial charge in [-0.3, -0.25) is 4.21 Å². The van der Waals surface area contributed by atoms with Gasteiger partial charge < -0.3 is 5.73 Å². The first kappa shape index (κ1) is 13.2. The third kappa shape index (κ3) is 3.34. The van der Waals surface area contributed by atoms with Crippen molar-refractivity contribution in [1.82, 2.24) is 0 Å². The monoisotopic (exact) mass is 239 g/mol. The van der Waals surface area contributed by atoms with Gasteiger partial charge >= 0.3 is 0 Å². The van der Waals surface area contributed by atoms with E-state index in [-0.39, 0.29) is 0 Å². The van der Waals surface area contributed by atoms with Gasteiger partial charge in [0.25, 0.3) is 0 Å². The number of rotatable bonds is 5. The standard InChI is InChI=1S/C13H21NOS/c1-4-6-10(2)9-16(15)13-8-5-7-12(14)11(13)3/h5,7-8,10H,4,6,9,14H2,1-3H3. The van der Waals surface area contributed by atoms with E-state index in [1.54, 1.807) is 0 Å². The highest BCUT2D eigenvalue weighted by Crippen LogP contribution is 2.21. The van der Waals surface area contributed by atoms with Gasteiger partial charge in [-0.25, -0.2) is 0 Å². The fourth-order valence-corrected chi connectivity index (χ4v) is 3.36. The lowest BCUT2D eigenvalue weighted by atomic mass is 10.1. The smallest absolute Gasteiger partial charge is 0.0535 e. The summed E-state index contributed by atoms with van der Waals surface area (Å²) in [5, 5.41) is 0. The van der Waals surface area contributed by atoms with Crippen LogP contribution in [0.3, 0.4) is 0 Å². The van der Waals surface area contributed by atoms with Gasteiger partial charge in [0, 0.05) is 16.3 Å². The zero-order chi connectivity index (χ0) is 12.1. The number of hydrogen-bond acceptors (Lipinski definition) is 2.